The van der Waals surface area contributed by atoms with Crippen molar-refractivity contribution in [3.8, 4) is 0 Å². The van der Waals surface area contributed by atoms with Crippen molar-refractivity contribution in [3.63, 3.8) is 0 Å². The van der Waals surface area contributed by atoms with Gasteiger partial charge in [0.15, 0.2) is 5.78 Å². The molecular weight excluding hydrogens is 251 g/mol. The Morgan fingerprint density at radius 1 is 1.12 bits per heavy atom. The molecule has 0 bridgehead atoms. The molecule has 1 rings (SSSR count). The van der Waals surface area contributed by atoms with E-state index in [1.165, 1.54) is 0 Å². The SMILES string of the molecule is O=C(O)/C=C/C(=O)Cc1cc(Cl)cc(Cl)c1. The van der Waals surface area contributed by atoms with E-state index in [9.17, 15) is 9.59 Å². The first-order chi connectivity index (χ1) is 7.47. The molecule has 0 aliphatic rings. The summed E-state index contributed by atoms with van der Waals surface area (Å²) in [5.74, 6) is -1.47. The minimum absolute atomic E-state index is 0.0735. The van der Waals surface area contributed by atoms with Crippen molar-refractivity contribution < 1.29 is 14.7 Å². The quantitative estimate of drug-likeness (QED) is 0.846. The number of rotatable bonds is 4. The van der Waals surface area contributed by atoms with E-state index in [-0.39, 0.29) is 12.2 Å². The zero-order chi connectivity index (χ0) is 12.1. The molecule has 84 valence electrons. The van der Waals surface area contributed by atoms with Crippen molar-refractivity contribution in [1.82, 2.24) is 0 Å². The van der Waals surface area contributed by atoms with Gasteiger partial charge in [0, 0.05) is 22.5 Å². The highest BCUT2D eigenvalue weighted by Crippen LogP contribution is 2.19. The second-order valence-electron chi connectivity index (χ2n) is 3.09. The molecule has 0 saturated carbocycles. The van der Waals surface area contributed by atoms with Gasteiger partial charge in [0.1, 0.15) is 0 Å². The molecule has 0 heterocycles. The largest absolute Gasteiger partial charge is 0.478 e. The van der Waals surface area contributed by atoms with Gasteiger partial charge in [-0.25, -0.2) is 4.79 Å². The molecule has 0 spiro atoms. The highest BCUT2D eigenvalue weighted by molar-refractivity contribution is 6.34. The van der Waals surface area contributed by atoms with Crippen LogP contribution in [0.3, 0.4) is 0 Å². The van der Waals surface area contributed by atoms with E-state index < -0.39 is 5.97 Å². The summed E-state index contributed by atoms with van der Waals surface area (Å²) in [6.45, 7) is 0. The van der Waals surface area contributed by atoms with E-state index in [1.54, 1.807) is 18.2 Å². The second-order valence-corrected chi connectivity index (χ2v) is 3.97. The molecule has 0 amide bonds. The summed E-state index contributed by atoms with van der Waals surface area (Å²) in [4.78, 5) is 21.5. The number of benzene rings is 1. The molecule has 3 nitrogen and oxygen atoms in total. The van der Waals surface area contributed by atoms with Crippen molar-refractivity contribution in [1.29, 1.82) is 0 Å². The summed E-state index contributed by atoms with van der Waals surface area (Å²) in [5.41, 5.74) is 0.650. The van der Waals surface area contributed by atoms with Crippen molar-refractivity contribution in [3.05, 3.63) is 46.0 Å². The lowest BCUT2D eigenvalue weighted by molar-refractivity contribution is -0.131. The van der Waals surface area contributed by atoms with Gasteiger partial charge in [-0.3, -0.25) is 4.79 Å². The number of carboxylic acids is 1. The lowest BCUT2D eigenvalue weighted by atomic mass is 10.1. The van der Waals surface area contributed by atoms with Crippen LogP contribution in [-0.2, 0) is 16.0 Å². The van der Waals surface area contributed by atoms with Crippen molar-refractivity contribution in [2.75, 3.05) is 0 Å². The molecule has 1 aromatic rings. The topological polar surface area (TPSA) is 54.4 Å². The van der Waals surface area contributed by atoms with Gasteiger partial charge < -0.3 is 5.11 Å². The van der Waals surface area contributed by atoms with Crippen LogP contribution in [0.2, 0.25) is 10.0 Å². The predicted octanol–water partition coefficient (Wildman–Crippen LogP) is 2.75. The number of carbonyl (C=O) groups is 2. The molecule has 0 atom stereocenters. The zero-order valence-electron chi connectivity index (χ0n) is 8.11. The second kappa shape index (κ2) is 5.68. The van der Waals surface area contributed by atoms with Crippen molar-refractivity contribution >= 4 is 35.0 Å². The summed E-state index contributed by atoms with van der Waals surface area (Å²) < 4.78 is 0. The number of allylic oxidation sites excluding steroid dienone is 1. The van der Waals surface area contributed by atoms with Gasteiger partial charge in [-0.2, -0.15) is 0 Å². The van der Waals surface area contributed by atoms with Gasteiger partial charge in [-0.1, -0.05) is 23.2 Å². The summed E-state index contributed by atoms with van der Waals surface area (Å²) in [6, 6.07) is 4.78. The molecule has 0 saturated heterocycles. The number of halogens is 2. The first kappa shape index (κ1) is 12.7. The van der Waals surface area contributed by atoms with Crippen molar-refractivity contribution in [2.45, 2.75) is 6.42 Å². The minimum Gasteiger partial charge on any atom is -0.478 e. The minimum atomic E-state index is -1.16. The normalized spacial score (nSPS) is 10.6. The fourth-order valence-electron chi connectivity index (χ4n) is 1.14. The van der Waals surface area contributed by atoms with Crippen LogP contribution in [0.4, 0.5) is 0 Å². The fourth-order valence-corrected chi connectivity index (χ4v) is 1.71. The average Bonchev–Trinajstić information content (AvgIpc) is 2.12. The molecular formula is C11H8Cl2O3. The smallest absolute Gasteiger partial charge is 0.328 e. The zero-order valence-corrected chi connectivity index (χ0v) is 9.63. The fraction of sp³-hybridized carbons (Fsp3) is 0.0909. The highest BCUT2D eigenvalue weighted by atomic mass is 35.5. The van der Waals surface area contributed by atoms with Gasteiger partial charge in [0.05, 0.1) is 0 Å². The van der Waals surface area contributed by atoms with Crippen LogP contribution >= 0.6 is 23.2 Å². The van der Waals surface area contributed by atoms with Crippen LogP contribution in [0.25, 0.3) is 0 Å². The van der Waals surface area contributed by atoms with Crippen LogP contribution < -0.4 is 0 Å². The molecule has 5 heteroatoms. The van der Waals surface area contributed by atoms with Gasteiger partial charge in [-0.05, 0) is 29.8 Å². The van der Waals surface area contributed by atoms with E-state index in [0.717, 1.165) is 12.2 Å². The number of ketones is 1. The van der Waals surface area contributed by atoms with Gasteiger partial charge in [0.25, 0.3) is 0 Å². The van der Waals surface area contributed by atoms with Gasteiger partial charge >= 0.3 is 5.97 Å². The first-order valence-corrected chi connectivity index (χ1v) is 5.12. The van der Waals surface area contributed by atoms with Gasteiger partial charge in [0.2, 0.25) is 0 Å². The maximum atomic E-state index is 11.3. The third kappa shape index (κ3) is 4.47. The van der Waals surface area contributed by atoms with Crippen LogP contribution in [0.5, 0.6) is 0 Å². The lowest BCUT2D eigenvalue weighted by Crippen LogP contribution is -2.00. The molecule has 0 radical (unpaired) electrons. The summed E-state index contributed by atoms with van der Waals surface area (Å²) in [6.07, 6.45) is 1.88. The number of carbonyl (C=O) groups excluding carboxylic acids is 1. The molecule has 0 unspecified atom stereocenters. The Balaban J connectivity index is 2.73. The Labute approximate surface area is 102 Å². The Hall–Kier alpha value is -1.32. The number of hydrogen-bond acceptors (Lipinski definition) is 2. The molecule has 1 aromatic carbocycles. The van der Waals surface area contributed by atoms with E-state index in [4.69, 9.17) is 28.3 Å². The summed E-state index contributed by atoms with van der Waals surface area (Å²) in [7, 11) is 0. The first-order valence-electron chi connectivity index (χ1n) is 4.36. The third-order valence-corrected chi connectivity index (χ3v) is 2.15. The molecule has 0 aliphatic heterocycles. The predicted molar refractivity (Wildman–Crippen MR) is 61.9 cm³/mol. The maximum Gasteiger partial charge on any atom is 0.328 e. The standard InChI is InChI=1S/C11H8Cl2O3/c12-8-3-7(4-9(13)6-8)5-10(14)1-2-11(15)16/h1-4,6H,5H2,(H,15,16)/b2-1+. The third-order valence-electron chi connectivity index (χ3n) is 1.71. The van der Waals surface area contributed by atoms with Crippen LogP contribution in [0.15, 0.2) is 30.4 Å². The van der Waals surface area contributed by atoms with Crippen LogP contribution in [-0.4, -0.2) is 16.9 Å². The van der Waals surface area contributed by atoms with E-state index in [1.807, 2.05) is 0 Å². The molecule has 1 N–H and O–H groups in total. The average molecular weight is 259 g/mol. The maximum absolute atomic E-state index is 11.3. The Kier molecular flexibility index (Phi) is 4.52. The Bertz CT molecular complexity index is 432. The number of carboxylic acid groups (broad SMARTS) is 1. The van der Waals surface area contributed by atoms with Crippen molar-refractivity contribution in [2.24, 2.45) is 0 Å². The molecule has 0 aromatic heterocycles. The molecule has 0 fully saturated rings. The Morgan fingerprint density at radius 2 is 1.69 bits per heavy atom. The van der Waals surface area contributed by atoms with Gasteiger partial charge in [-0.15, -0.1) is 0 Å². The van der Waals surface area contributed by atoms with E-state index in [2.05, 4.69) is 0 Å². The van der Waals surface area contributed by atoms with E-state index in [0.29, 0.717) is 15.6 Å². The van der Waals surface area contributed by atoms with E-state index >= 15 is 0 Å². The number of hydrogen-bond donors (Lipinski definition) is 1. The lowest BCUT2D eigenvalue weighted by Gasteiger charge is -2.00. The van der Waals surface area contributed by atoms with Crippen LogP contribution in [0.1, 0.15) is 5.56 Å². The van der Waals surface area contributed by atoms with Crippen LogP contribution in [0, 0.1) is 0 Å². The number of aliphatic carboxylic acids is 1. The monoisotopic (exact) mass is 258 g/mol. The highest BCUT2D eigenvalue weighted by Gasteiger charge is 2.03. The summed E-state index contributed by atoms with van der Waals surface area (Å²) >= 11 is 11.5. The Morgan fingerprint density at radius 3 is 2.19 bits per heavy atom. The molecule has 0 aliphatic carbocycles. The summed E-state index contributed by atoms with van der Waals surface area (Å²) in [5, 5.41) is 9.22. The molecule has 16 heavy (non-hydrogen) atoms.